The first-order chi connectivity index (χ1) is 6.66. The first kappa shape index (κ1) is 9.22. The molecule has 1 nitrogen and oxygen atoms in total. The maximum Gasteiger partial charge on any atom is 0.252 e. The molecule has 0 aliphatic carbocycles. The van der Waals surface area contributed by atoms with Gasteiger partial charge in [0.2, 0.25) is 0 Å². The second-order valence-corrected chi connectivity index (χ2v) is 3.68. The van der Waals surface area contributed by atoms with Crippen LogP contribution in [0.25, 0.3) is 10.8 Å². The maximum absolute atomic E-state index is 10.9. The molecule has 2 aromatic carbocycles. The van der Waals surface area contributed by atoms with Crippen molar-refractivity contribution in [1.82, 2.24) is 0 Å². The molecule has 0 atom stereocenters. The predicted octanol–water partition coefficient (Wildman–Crippen LogP) is 3.53. The molecule has 0 saturated heterocycles. The van der Waals surface area contributed by atoms with E-state index in [0.717, 1.165) is 10.8 Å². The van der Waals surface area contributed by atoms with Crippen LogP contribution < -0.4 is 0 Å². The Kier molecular flexibility index (Phi) is 2.26. The predicted molar refractivity (Wildman–Crippen MR) is 58.9 cm³/mol. The number of fused-ring (bicyclic) bond motifs is 1. The van der Waals surface area contributed by atoms with E-state index in [-0.39, 0.29) is 0 Å². The lowest BCUT2D eigenvalue weighted by Gasteiger charge is -2.00. The van der Waals surface area contributed by atoms with Gasteiger partial charge >= 0.3 is 0 Å². The number of aryl methyl sites for hydroxylation is 1. The number of halogens is 1. The molecule has 14 heavy (non-hydrogen) atoms. The van der Waals surface area contributed by atoms with Crippen LogP contribution in [0.4, 0.5) is 0 Å². The monoisotopic (exact) mass is 204 g/mol. The molecule has 0 aromatic heterocycles. The smallest absolute Gasteiger partial charge is 0.252 e. The highest BCUT2D eigenvalue weighted by molar-refractivity contribution is 6.67. The number of carbonyl (C=O) groups is 1. The topological polar surface area (TPSA) is 17.1 Å². The third kappa shape index (κ3) is 1.64. The van der Waals surface area contributed by atoms with Gasteiger partial charge in [0.05, 0.1) is 0 Å². The van der Waals surface area contributed by atoms with Crippen molar-refractivity contribution in [2.75, 3.05) is 0 Å². The van der Waals surface area contributed by atoms with E-state index in [1.807, 2.05) is 37.3 Å². The van der Waals surface area contributed by atoms with Crippen molar-refractivity contribution in [3.8, 4) is 0 Å². The van der Waals surface area contributed by atoms with Crippen molar-refractivity contribution < 1.29 is 4.79 Å². The Morgan fingerprint density at radius 3 is 2.50 bits per heavy atom. The molecule has 2 rings (SSSR count). The summed E-state index contributed by atoms with van der Waals surface area (Å²) in [5.74, 6) is 0. The Labute approximate surface area is 87.3 Å². The van der Waals surface area contributed by atoms with E-state index in [0.29, 0.717) is 5.56 Å². The van der Waals surface area contributed by atoms with E-state index in [1.54, 1.807) is 6.07 Å². The zero-order valence-electron chi connectivity index (χ0n) is 7.75. The van der Waals surface area contributed by atoms with Crippen molar-refractivity contribution >= 4 is 27.6 Å². The van der Waals surface area contributed by atoms with Crippen LogP contribution in [-0.4, -0.2) is 5.24 Å². The first-order valence-corrected chi connectivity index (χ1v) is 4.75. The molecule has 0 saturated carbocycles. The van der Waals surface area contributed by atoms with Gasteiger partial charge in [0.1, 0.15) is 0 Å². The van der Waals surface area contributed by atoms with Gasteiger partial charge in [-0.05, 0) is 41.4 Å². The zero-order valence-corrected chi connectivity index (χ0v) is 8.51. The molecule has 70 valence electrons. The van der Waals surface area contributed by atoms with Gasteiger partial charge in [0, 0.05) is 5.56 Å². The molecule has 0 bridgehead atoms. The fourth-order valence-electron chi connectivity index (χ4n) is 1.49. The second kappa shape index (κ2) is 3.43. The fraction of sp³-hybridized carbons (Fsp3) is 0.0833. The van der Waals surface area contributed by atoms with E-state index in [1.165, 1.54) is 5.56 Å². The summed E-state index contributed by atoms with van der Waals surface area (Å²) in [4.78, 5) is 10.9. The fourth-order valence-corrected chi connectivity index (χ4v) is 1.61. The number of carbonyl (C=O) groups excluding carboxylic acids is 1. The van der Waals surface area contributed by atoms with E-state index >= 15 is 0 Å². The summed E-state index contributed by atoms with van der Waals surface area (Å²) in [6.07, 6.45) is 0. The van der Waals surface area contributed by atoms with E-state index in [2.05, 4.69) is 0 Å². The quantitative estimate of drug-likeness (QED) is 0.650. The molecular weight excluding hydrogens is 196 g/mol. The van der Waals surface area contributed by atoms with Crippen LogP contribution in [0, 0.1) is 6.92 Å². The molecular formula is C12H9ClO. The Bertz CT molecular complexity index is 503. The molecule has 0 amide bonds. The van der Waals surface area contributed by atoms with Gasteiger partial charge in [0.25, 0.3) is 5.24 Å². The van der Waals surface area contributed by atoms with Gasteiger partial charge < -0.3 is 0 Å². The minimum Gasteiger partial charge on any atom is -0.276 e. The van der Waals surface area contributed by atoms with Crippen LogP contribution in [0.1, 0.15) is 15.9 Å². The van der Waals surface area contributed by atoms with Crippen LogP contribution >= 0.6 is 11.6 Å². The number of hydrogen-bond donors (Lipinski definition) is 0. The van der Waals surface area contributed by atoms with Crippen molar-refractivity contribution in [2.45, 2.75) is 6.92 Å². The molecule has 2 heteroatoms. The summed E-state index contributed by atoms with van der Waals surface area (Å²) >= 11 is 5.40. The minimum atomic E-state index is -0.409. The van der Waals surface area contributed by atoms with Gasteiger partial charge in [-0.25, -0.2) is 0 Å². The van der Waals surface area contributed by atoms with Gasteiger partial charge in [-0.2, -0.15) is 0 Å². The molecule has 0 N–H and O–H groups in total. The first-order valence-electron chi connectivity index (χ1n) is 4.37. The third-order valence-corrected chi connectivity index (χ3v) is 2.44. The number of benzene rings is 2. The SMILES string of the molecule is Cc1ccc2ccc(C(=O)Cl)cc2c1. The van der Waals surface area contributed by atoms with Crippen LogP contribution in [0.3, 0.4) is 0 Å². The molecule has 0 radical (unpaired) electrons. The van der Waals surface area contributed by atoms with Crippen LogP contribution in [0.2, 0.25) is 0 Å². The van der Waals surface area contributed by atoms with Crippen molar-refractivity contribution in [1.29, 1.82) is 0 Å². The van der Waals surface area contributed by atoms with Crippen molar-refractivity contribution in [3.05, 3.63) is 47.5 Å². The molecule has 0 aliphatic heterocycles. The van der Waals surface area contributed by atoms with E-state index in [4.69, 9.17) is 11.6 Å². The standard InChI is InChI=1S/C12H9ClO/c1-8-2-3-9-4-5-10(12(13)14)7-11(9)6-8/h2-7H,1H3. The minimum absolute atomic E-state index is 0.409. The second-order valence-electron chi connectivity index (χ2n) is 3.34. The molecule has 0 heterocycles. The summed E-state index contributed by atoms with van der Waals surface area (Å²) in [5.41, 5.74) is 1.72. The molecule has 0 fully saturated rings. The average molecular weight is 205 g/mol. The van der Waals surface area contributed by atoms with Crippen LogP contribution in [0.5, 0.6) is 0 Å². The summed E-state index contributed by atoms with van der Waals surface area (Å²) in [7, 11) is 0. The van der Waals surface area contributed by atoms with E-state index < -0.39 is 5.24 Å². The van der Waals surface area contributed by atoms with Crippen molar-refractivity contribution in [2.24, 2.45) is 0 Å². The van der Waals surface area contributed by atoms with E-state index in [9.17, 15) is 4.79 Å². The van der Waals surface area contributed by atoms with Crippen molar-refractivity contribution in [3.63, 3.8) is 0 Å². The number of hydrogen-bond acceptors (Lipinski definition) is 1. The lowest BCUT2D eigenvalue weighted by atomic mass is 10.1. The highest BCUT2D eigenvalue weighted by atomic mass is 35.5. The lowest BCUT2D eigenvalue weighted by molar-refractivity contribution is 0.108. The number of rotatable bonds is 1. The molecule has 2 aromatic rings. The zero-order chi connectivity index (χ0) is 10.1. The van der Waals surface area contributed by atoms with Crippen LogP contribution in [-0.2, 0) is 0 Å². The van der Waals surface area contributed by atoms with Gasteiger partial charge in [-0.15, -0.1) is 0 Å². The molecule has 0 spiro atoms. The highest BCUT2D eigenvalue weighted by Crippen LogP contribution is 2.18. The van der Waals surface area contributed by atoms with Gasteiger partial charge in [-0.3, -0.25) is 4.79 Å². The van der Waals surface area contributed by atoms with Gasteiger partial charge in [0.15, 0.2) is 0 Å². The Morgan fingerprint density at radius 2 is 1.79 bits per heavy atom. The largest absolute Gasteiger partial charge is 0.276 e. The summed E-state index contributed by atoms with van der Waals surface area (Å²) in [6.45, 7) is 2.02. The lowest BCUT2D eigenvalue weighted by Crippen LogP contribution is -1.87. The summed E-state index contributed by atoms with van der Waals surface area (Å²) < 4.78 is 0. The highest BCUT2D eigenvalue weighted by Gasteiger charge is 2.02. The Morgan fingerprint density at radius 1 is 1.07 bits per heavy atom. The average Bonchev–Trinajstić information content (AvgIpc) is 2.16. The summed E-state index contributed by atoms with van der Waals surface area (Å²) in [6, 6.07) is 11.6. The third-order valence-electron chi connectivity index (χ3n) is 2.22. The van der Waals surface area contributed by atoms with Gasteiger partial charge in [-0.1, -0.05) is 29.8 Å². The Hall–Kier alpha value is -1.34. The molecule has 0 unspecified atom stereocenters. The maximum atomic E-state index is 10.9. The summed E-state index contributed by atoms with van der Waals surface area (Å²) in [5, 5.41) is 1.77. The normalized spacial score (nSPS) is 10.4. The van der Waals surface area contributed by atoms with Crippen LogP contribution in [0.15, 0.2) is 36.4 Å². The Balaban J connectivity index is 2.69. The molecule has 0 aliphatic rings.